The topological polar surface area (TPSA) is 0 Å². The fraction of sp³-hybridized carbons (Fsp3) is 0.538. The Labute approximate surface area is 89.3 Å². The minimum atomic E-state index is -0.538. The molecule has 0 N–H and O–H groups in total. The van der Waals surface area contributed by atoms with Crippen molar-refractivity contribution in [1.29, 1.82) is 0 Å². The molecule has 0 aliphatic heterocycles. The molecule has 2 rings (SSSR count). The molecule has 82 valence electrons. The first kappa shape index (κ1) is 10.6. The quantitative estimate of drug-likeness (QED) is 0.692. The summed E-state index contributed by atoms with van der Waals surface area (Å²) in [6.07, 6.45) is 4.74. The SMILES string of the molecule is FCC1(c2ccccc2F)CCCCC1. The van der Waals surface area contributed by atoms with Crippen LogP contribution in [0.2, 0.25) is 0 Å². The number of alkyl halides is 1. The van der Waals surface area contributed by atoms with E-state index in [1.54, 1.807) is 18.2 Å². The Balaban J connectivity index is 2.36. The highest BCUT2D eigenvalue weighted by molar-refractivity contribution is 5.27. The van der Waals surface area contributed by atoms with Crippen molar-refractivity contribution >= 4 is 0 Å². The summed E-state index contributed by atoms with van der Waals surface area (Å²) in [7, 11) is 0. The van der Waals surface area contributed by atoms with Gasteiger partial charge in [-0.15, -0.1) is 0 Å². The van der Waals surface area contributed by atoms with Crippen LogP contribution in [0.15, 0.2) is 24.3 Å². The van der Waals surface area contributed by atoms with Crippen molar-refractivity contribution in [2.24, 2.45) is 0 Å². The second-order valence-corrected chi connectivity index (χ2v) is 4.45. The van der Waals surface area contributed by atoms with E-state index < -0.39 is 12.1 Å². The van der Waals surface area contributed by atoms with Crippen LogP contribution in [0.25, 0.3) is 0 Å². The van der Waals surface area contributed by atoms with Gasteiger partial charge >= 0.3 is 0 Å². The molecule has 0 radical (unpaired) electrons. The maximum Gasteiger partial charge on any atom is 0.127 e. The van der Waals surface area contributed by atoms with Gasteiger partial charge in [0.2, 0.25) is 0 Å². The zero-order valence-electron chi connectivity index (χ0n) is 8.81. The highest BCUT2D eigenvalue weighted by Crippen LogP contribution is 2.40. The molecule has 1 fully saturated rings. The average molecular weight is 210 g/mol. The van der Waals surface area contributed by atoms with E-state index in [1.807, 2.05) is 0 Å². The van der Waals surface area contributed by atoms with Gasteiger partial charge in [-0.25, -0.2) is 4.39 Å². The van der Waals surface area contributed by atoms with Crippen molar-refractivity contribution in [2.45, 2.75) is 37.5 Å². The monoisotopic (exact) mass is 210 g/mol. The smallest absolute Gasteiger partial charge is 0.127 e. The van der Waals surface area contributed by atoms with E-state index in [-0.39, 0.29) is 5.82 Å². The average Bonchev–Trinajstić information content (AvgIpc) is 2.30. The first-order valence-electron chi connectivity index (χ1n) is 5.59. The third-order valence-electron chi connectivity index (χ3n) is 3.51. The second-order valence-electron chi connectivity index (χ2n) is 4.45. The van der Waals surface area contributed by atoms with Crippen LogP contribution >= 0.6 is 0 Å². The Kier molecular flexibility index (Phi) is 3.03. The Bertz CT molecular complexity index is 327. The van der Waals surface area contributed by atoms with E-state index >= 15 is 0 Å². The molecule has 0 aromatic heterocycles. The van der Waals surface area contributed by atoms with E-state index in [9.17, 15) is 8.78 Å². The molecule has 0 heterocycles. The summed E-state index contributed by atoms with van der Waals surface area (Å²) in [4.78, 5) is 0. The predicted molar refractivity (Wildman–Crippen MR) is 57.1 cm³/mol. The summed E-state index contributed by atoms with van der Waals surface area (Å²) in [6, 6.07) is 6.62. The molecule has 0 atom stereocenters. The van der Waals surface area contributed by atoms with Crippen LogP contribution in [0, 0.1) is 5.82 Å². The molecule has 2 heteroatoms. The fourth-order valence-electron chi connectivity index (χ4n) is 2.59. The molecule has 0 saturated heterocycles. The molecule has 15 heavy (non-hydrogen) atoms. The van der Waals surface area contributed by atoms with E-state index in [4.69, 9.17) is 0 Å². The Morgan fingerprint density at radius 3 is 2.33 bits per heavy atom. The summed E-state index contributed by atoms with van der Waals surface area (Å²) in [6.45, 7) is -0.437. The van der Waals surface area contributed by atoms with Crippen LogP contribution in [0.3, 0.4) is 0 Å². The van der Waals surface area contributed by atoms with Gasteiger partial charge in [-0.3, -0.25) is 4.39 Å². The third kappa shape index (κ3) is 1.90. The molecule has 1 saturated carbocycles. The molecular weight excluding hydrogens is 194 g/mol. The minimum Gasteiger partial charge on any atom is -0.250 e. The number of hydrogen-bond acceptors (Lipinski definition) is 0. The van der Waals surface area contributed by atoms with Gasteiger partial charge in [-0.2, -0.15) is 0 Å². The number of benzene rings is 1. The standard InChI is InChI=1S/C13H16F2/c14-10-13(8-4-1-5-9-13)11-6-2-3-7-12(11)15/h2-3,6-7H,1,4-5,8-10H2. The van der Waals surface area contributed by atoms with Crippen molar-refractivity contribution < 1.29 is 8.78 Å². The first-order valence-corrected chi connectivity index (χ1v) is 5.59. The molecule has 0 spiro atoms. The van der Waals surface area contributed by atoms with Crippen molar-refractivity contribution in [3.8, 4) is 0 Å². The van der Waals surface area contributed by atoms with Crippen LogP contribution in [0.4, 0.5) is 8.78 Å². The lowest BCUT2D eigenvalue weighted by atomic mass is 9.70. The molecular formula is C13H16F2. The largest absolute Gasteiger partial charge is 0.250 e. The third-order valence-corrected chi connectivity index (χ3v) is 3.51. The van der Waals surface area contributed by atoms with Crippen molar-refractivity contribution in [2.75, 3.05) is 6.67 Å². The molecule has 0 nitrogen and oxygen atoms in total. The zero-order chi connectivity index (χ0) is 10.7. The Morgan fingerprint density at radius 1 is 1.07 bits per heavy atom. The molecule has 0 bridgehead atoms. The lowest BCUT2D eigenvalue weighted by Crippen LogP contribution is -2.32. The highest BCUT2D eigenvalue weighted by Gasteiger charge is 2.35. The van der Waals surface area contributed by atoms with Gasteiger partial charge in [0.15, 0.2) is 0 Å². The molecule has 0 amide bonds. The van der Waals surface area contributed by atoms with E-state index in [0.717, 1.165) is 32.1 Å². The summed E-state index contributed by atoms with van der Waals surface area (Å²) in [5.41, 5.74) is 0.0380. The molecule has 1 aliphatic carbocycles. The number of halogens is 2. The zero-order valence-corrected chi connectivity index (χ0v) is 8.81. The van der Waals surface area contributed by atoms with Crippen molar-refractivity contribution in [3.05, 3.63) is 35.6 Å². The first-order chi connectivity index (χ1) is 7.28. The van der Waals surface area contributed by atoms with Gasteiger partial charge in [0.1, 0.15) is 5.82 Å². The maximum absolute atomic E-state index is 13.6. The Hall–Kier alpha value is -0.920. The van der Waals surface area contributed by atoms with Crippen LogP contribution in [0.1, 0.15) is 37.7 Å². The van der Waals surface area contributed by atoms with Crippen molar-refractivity contribution in [1.82, 2.24) is 0 Å². The molecule has 1 aromatic carbocycles. The second kappa shape index (κ2) is 4.30. The predicted octanol–water partition coefficient (Wildman–Crippen LogP) is 4.00. The number of rotatable bonds is 2. The summed E-state index contributed by atoms with van der Waals surface area (Å²) in [5, 5.41) is 0. The normalized spacial score (nSPS) is 20.1. The fourth-order valence-corrected chi connectivity index (χ4v) is 2.59. The lowest BCUT2D eigenvalue weighted by Gasteiger charge is -2.35. The van der Waals surface area contributed by atoms with Gasteiger partial charge in [-0.05, 0) is 24.5 Å². The van der Waals surface area contributed by atoms with Gasteiger partial charge in [0.25, 0.3) is 0 Å². The van der Waals surface area contributed by atoms with Crippen LogP contribution in [-0.4, -0.2) is 6.67 Å². The highest BCUT2D eigenvalue weighted by atomic mass is 19.1. The van der Waals surface area contributed by atoms with Crippen LogP contribution < -0.4 is 0 Å². The summed E-state index contributed by atoms with van der Waals surface area (Å²) < 4.78 is 26.9. The van der Waals surface area contributed by atoms with Gasteiger partial charge in [0.05, 0.1) is 6.67 Å². The van der Waals surface area contributed by atoms with Crippen LogP contribution in [-0.2, 0) is 5.41 Å². The van der Waals surface area contributed by atoms with Crippen molar-refractivity contribution in [3.63, 3.8) is 0 Å². The number of hydrogen-bond donors (Lipinski definition) is 0. The van der Waals surface area contributed by atoms with Gasteiger partial charge < -0.3 is 0 Å². The van der Waals surface area contributed by atoms with E-state index in [1.165, 1.54) is 6.07 Å². The molecule has 1 aliphatic rings. The van der Waals surface area contributed by atoms with E-state index in [2.05, 4.69) is 0 Å². The lowest BCUT2D eigenvalue weighted by molar-refractivity contribution is 0.220. The van der Waals surface area contributed by atoms with Crippen LogP contribution in [0.5, 0.6) is 0 Å². The van der Waals surface area contributed by atoms with E-state index in [0.29, 0.717) is 5.56 Å². The minimum absolute atomic E-state index is 0.253. The summed E-state index contributed by atoms with van der Waals surface area (Å²) >= 11 is 0. The Morgan fingerprint density at radius 2 is 1.73 bits per heavy atom. The molecule has 1 aromatic rings. The molecule has 0 unspecified atom stereocenters. The summed E-state index contributed by atoms with van der Waals surface area (Å²) in [5.74, 6) is -0.253. The van der Waals surface area contributed by atoms with Gasteiger partial charge in [0, 0.05) is 5.41 Å². The maximum atomic E-state index is 13.6. The van der Waals surface area contributed by atoms with Gasteiger partial charge in [-0.1, -0.05) is 37.5 Å².